The molecular weight excluding hydrogens is 334 g/mol. The predicted octanol–water partition coefficient (Wildman–Crippen LogP) is 2.79. The minimum absolute atomic E-state index is 0.130. The number of alkyl halides is 1. The Hall–Kier alpha value is -0.580. The first-order chi connectivity index (χ1) is 9.86. The van der Waals surface area contributed by atoms with E-state index in [1.165, 1.54) is 19.3 Å². The summed E-state index contributed by atoms with van der Waals surface area (Å²) in [6, 6.07) is 0. The van der Waals surface area contributed by atoms with E-state index in [2.05, 4.69) is 21.2 Å². The van der Waals surface area contributed by atoms with Crippen molar-refractivity contribution in [3.63, 3.8) is 0 Å². The molecule has 4 nitrogen and oxygen atoms in total. The molecule has 0 heterocycles. The Morgan fingerprint density at radius 2 is 1.90 bits per heavy atom. The highest BCUT2D eigenvalue weighted by Gasteiger charge is 2.60. The number of esters is 1. The summed E-state index contributed by atoms with van der Waals surface area (Å²) >= 11 is 3.89. The Labute approximate surface area is 134 Å². The van der Waals surface area contributed by atoms with Gasteiger partial charge in [-0.1, -0.05) is 15.9 Å². The van der Waals surface area contributed by atoms with E-state index in [9.17, 15) is 9.59 Å². The second-order valence-corrected chi connectivity index (χ2v) is 9.02. The second kappa shape index (κ2) is 5.25. The third kappa shape index (κ3) is 2.73. The predicted molar refractivity (Wildman–Crippen MR) is 83.0 cm³/mol. The number of rotatable bonds is 4. The number of carbonyl (C=O) groups excluding carboxylic acids is 2. The summed E-state index contributed by atoms with van der Waals surface area (Å²) in [5, 5.41) is 2.71. The van der Waals surface area contributed by atoms with Gasteiger partial charge in [0.2, 0.25) is 0 Å². The molecule has 0 aromatic heterocycles. The fraction of sp³-hybridized carbons (Fsp3) is 0.875. The summed E-state index contributed by atoms with van der Waals surface area (Å²) in [7, 11) is 0. The highest BCUT2D eigenvalue weighted by Crippen LogP contribution is 2.64. The van der Waals surface area contributed by atoms with Crippen LogP contribution in [0.1, 0.15) is 52.4 Å². The molecule has 1 amide bonds. The number of ether oxygens (including phenoxy) is 1. The van der Waals surface area contributed by atoms with Gasteiger partial charge in [-0.2, -0.15) is 0 Å². The molecule has 2 unspecified atom stereocenters. The van der Waals surface area contributed by atoms with E-state index in [-0.39, 0.29) is 21.6 Å². The van der Waals surface area contributed by atoms with Crippen LogP contribution in [0.5, 0.6) is 0 Å². The number of hydrogen-bond donors (Lipinski definition) is 1. The molecule has 4 aliphatic rings. The van der Waals surface area contributed by atoms with E-state index >= 15 is 0 Å². The minimum atomic E-state index is -0.697. The van der Waals surface area contributed by atoms with Crippen LogP contribution < -0.4 is 5.32 Å². The van der Waals surface area contributed by atoms with Gasteiger partial charge in [0, 0.05) is 10.9 Å². The molecule has 0 radical (unpaired) electrons. The van der Waals surface area contributed by atoms with Gasteiger partial charge in [-0.15, -0.1) is 0 Å². The number of carbonyl (C=O) groups is 2. The molecule has 0 aromatic rings. The molecule has 0 saturated heterocycles. The molecule has 0 aromatic carbocycles. The third-order valence-electron chi connectivity index (χ3n) is 5.43. The molecule has 1 N–H and O–H groups in total. The average Bonchev–Trinajstić information content (AvgIpc) is 2.35. The van der Waals surface area contributed by atoms with Crippen LogP contribution in [0.15, 0.2) is 0 Å². The van der Waals surface area contributed by atoms with Crippen LogP contribution in [-0.4, -0.2) is 28.8 Å². The monoisotopic (exact) mass is 357 g/mol. The van der Waals surface area contributed by atoms with E-state index in [0.29, 0.717) is 18.4 Å². The lowest BCUT2D eigenvalue weighted by atomic mass is 9.49. The number of nitrogens with one attached hydrogen (secondary N) is 1. The first-order valence-electron chi connectivity index (χ1n) is 8.03. The van der Waals surface area contributed by atoms with Crippen LogP contribution in [-0.2, 0) is 14.3 Å². The van der Waals surface area contributed by atoms with Crippen molar-refractivity contribution in [1.82, 2.24) is 5.32 Å². The standard InChI is InChI=1S/C16H24BrNO3/c1-3-18-13(19)10(2)21-14(20)15-5-11-4-12(6-15)8-16(17,7-11)9-15/h10-12H,3-9H2,1-2H3,(H,18,19)/t10-,11-,12+,15?,16?/m1/s1. The number of amides is 1. The second-order valence-electron chi connectivity index (χ2n) is 7.33. The van der Waals surface area contributed by atoms with Gasteiger partial charge in [0.15, 0.2) is 6.10 Å². The smallest absolute Gasteiger partial charge is 0.312 e. The van der Waals surface area contributed by atoms with Gasteiger partial charge < -0.3 is 10.1 Å². The molecule has 0 aliphatic heterocycles. The molecule has 4 fully saturated rings. The summed E-state index contributed by atoms with van der Waals surface area (Å²) in [4.78, 5) is 24.5. The molecule has 118 valence electrons. The summed E-state index contributed by atoms with van der Waals surface area (Å²) in [5.74, 6) is 0.916. The van der Waals surface area contributed by atoms with Gasteiger partial charge in [-0.05, 0) is 64.2 Å². The van der Waals surface area contributed by atoms with Crippen molar-refractivity contribution < 1.29 is 14.3 Å². The maximum absolute atomic E-state index is 12.7. The zero-order valence-electron chi connectivity index (χ0n) is 12.8. The largest absolute Gasteiger partial charge is 0.452 e. The maximum atomic E-state index is 12.7. The summed E-state index contributed by atoms with van der Waals surface area (Å²) in [5.41, 5.74) is -0.353. The molecule has 5 atom stereocenters. The molecule has 21 heavy (non-hydrogen) atoms. The van der Waals surface area contributed by atoms with Crippen LogP contribution >= 0.6 is 15.9 Å². The fourth-order valence-electron chi connectivity index (χ4n) is 5.05. The van der Waals surface area contributed by atoms with Crippen LogP contribution in [0, 0.1) is 17.3 Å². The summed E-state index contributed by atoms with van der Waals surface area (Å²) < 4.78 is 5.65. The van der Waals surface area contributed by atoms with Crippen LogP contribution in [0.3, 0.4) is 0 Å². The third-order valence-corrected chi connectivity index (χ3v) is 6.35. The zero-order chi connectivity index (χ0) is 15.3. The molecule has 4 bridgehead atoms. The topological polar surface area (TPSA) is 55.4 Å². The van der Waals surface area contributed by atoms with Gasteiger partial charge in [-0.3, -0.25) is 9.59 Å². The Kier molecular flexibility index (Phi) is 3.83. The van der Waals surface area contributed by atoms with Gasteiger partial charge in [0.1, 0.15) is 0 Å². The van der Waals surface area contributed by atoms with E-state index in [1.807, 2.05) is 6.92 Å². The lowest BCUT2D eigenvalue weighted by Crippen LogP contribution is -2.56. The zero-order valence-corrected chi connectivity index (χ0v) is 14.4. The number of halogens is 1. The molecule has 5 heteroatoms. The van der Waals surface area contributed by atoms with Gasteiger partial charge in [0.05, 0.1) is 5.41 Å². The van der Waals surface area contributed by atoms with Gasteiger partial charge in [-0.25, -0.2) is 0 Å². The van der Waals surface area contributed by atoms with Crippen molar-refractivity contribution in [1.29, 1.82) is 0 Å². The Morgan fingerprint density at radius 3 is 2.43 bits per heavy atom. The lowest BCUT2D eigenvalue weighted by molar-refractivity contribution is -0.176. The van der Waals surface area contributed by atoms with Crippen LogP contribution in [0.4, 0.5) is 0 Å². The molecule has 4 aliphatic carbocycles. The molecular formula is C16H24BrNO3. The highest BCUT2D eigenvalue weighted by molar-refractivity contribution is 9.10. The lowest BCUT2D eigenvalue weighted by Gasteiger charge is -2.58. The van der Waals surface area contributed by atoms with Crippen molar-refractivity contribution in [2.45, 2.75) is 62.8 Å². The molecule has 0 spiro atoms. The normalized spacial score (nSPS) is 41.7. The summed E-state index contributed by atoms with van der Waals surface area (Å²) in [6.45, 7) is 4.08. The van der Waals surface area contributed by atoms with Crippen molar-refractivity contribution in [2.75, 3.05) is 6.54 Å². The van der Waals surface area contributed by atoms with E-state index in [4.69, 9.17) is 4.74 Å². The number of hydrogen-bond acceptors (Lipinski definition) is 3. The first kappa shape index (κ1) is 15.3. The van der Waals surface area contributed by atoms with Crippen molar-refractivity contribution in [3.05, 3.63) is 0 Å². The van der Waals surface area contributed by atoms with E-state index < -0.39 is 6.10 Å². The molecule has 4 saturated carbocycles. The highest BCUT2D eigenvalue weighted by atomic mass is 79.9. The number of likely N-dealkylation sites (N-methyl/N-ethyl adjacent to an activating group) is 1. The average molecular weight is 358 g/mol. The van der Waals surface area contributed by atoms with Crippen LogP contribution in [0.2, 0.25) is 0 Å². The Balaban J connectivity index is 1.71. The summed E-state index contributed by atoms with van der Waals surface area (Å²) in [6.07, 6.45) is 5.68. The fourth-order valence-corrected chi connectivity index (χ4v) is 6.50. The molecule has 4 rings (SSSR count). The van der Waals surface area contributed by atoms with E-state index in [0.717, 1.165) is 19.3 Å². The van der Waals surface area contributed by atoms with Gasteiger partial charge in [0.25, 0.3) is 5.91 Å². The SMILES string of the molecule is CCNC(=O)[C@@H](C)OC(=O)C12C[C@@H]3C[C@@H](CC(Br)(C3)C1)C2. The quantitative estimate of drug-likeness (QED) is 0.621. The van der Waals surface area contributed by atoms with Crippen molar-refractivity contribution in [3.8, 4) is 0 Å². The van der Waals surface area contributed by atoms with Crippen molar-refractivity contribution in [2.24, 2.45) is 17.3 Å². The Morgan fingerprint density at radius 1 is 1.29 bits per heavy atom. The first-order valence-corrected chi connectivity index (χ1v) is 8.83. The Bertz CT molecular complexity index is 450. The van der Waals surface area contributed by atoms with Crippen LogP contribution in [0.25, 0.3) is 0 Å². The maximum Gasteiger partial charge on any atom is 0.312 e. The van der Waals surface area contributed by atoms with Crippen molar-refractivity contribution >= 4 is 27.8 Å². The van der Waals surface area contributed by atoms with Gasteiger partial charge >= 0.3 is 5.97 Å². The minimum Gasteiger partial charge on any atom is -0.452 e. The van der Waals surface area contributed by atoms with E-state index in [1.54, 1.807) is 6.92 Å².